The standard InChI is InChI=1S/C65H124O6/c1-4-7-10-13-15-17-19-21-23-25-26-27-28-29-30-31-32-33-34-35-36-37-38-40-41-43-45-47-49-52-55-58-64(67)70-61-62(60-69-63(66)57-54-51-12-9-6-3)71-65(68)59-56-53-50-48-46-44-42-39-24-22-20-18-16-14-11-8-5-2/h22,24,62H,4-21,23,25-61H2,1-3H3/b24-22-. The van der Waals surface area contributed by atoms with Crippen LogP contribution in [0.2, 0.25) is 0 Å². The van der Waals surface area contributed by atoms with Crippen LogP contribution in [0.25, 0.3) is 0 Å². The lowest BCUT2D eigenvalue weighted by molar-refractivity contribution is -0.167. The van der Waals surface area contributed by atoms with Gasteiger partial charge in [0, 0.05) is 19.3 Å². The normalized spacial score (nSPS) is 12.0. The Morgan fingerprint density at radius 1 is 0.268 bits per heavy atom. The third-order valence-electron chi connectivity index (χ3n) is 14.8. The fourth-order valence-corrected chi connectivity index (χ4v) is 9.91. The maximum Gasteiger partial charge on any atom is 0.306 e. The molecular weight excluding hydrogens is 877 g/mol. The van der Waals surface area contributed by atoms with Gasteiger partial charge in [-0.05, 0) is 44.9 Å². The molecule has 0 aromatic carbocycles. The monoisotopic (exact) mass is 1000 g/mol. The van der Waals surface area contributed by atoms with Crippen molar-refractivity contribution in [1.29, 1.82) is 0 Å². The number of carbonyl (C=O) groups is 3. The van der Waals surface area contributed by atoms with E-state index in [0.29, 0.717) is 19.3 Å². The molecule has 0 aliphatic heterocycles. The van der Waals surface area contributed by atoms with Gasteiger partial charge in [0.25, 0.3) is 0 Å². The molecule has 0 radical (unpaired) electrons. The van der Waals surface area contributed by atoms with Crippen LogP contribution in [0.3, 0.4) is 0 Å². The summed E-state index contributed by atoms with van der Waals surface area (Å²) in [5, 5.41) is 0. The molecule has 1 unspecified atom stereocenters. The Kier molecular flexibility index (Phi) is 59.1. The fraction of sp³-hybridized carbons (Fsp3) is 0.923. The molecule has 0 saturated carbocycles. The summed E-state index contributed by atoms with van der Waals surface area (Å²) in [5.74, 6) is -0.863. The molecule has 0 bridgehead atoms. The zero-order valence-corrected chi connectivity index (χ0v) is 48.3. The van der Waals surface area contributed by atoms with Crippen molar-refractivity contribution in [1.82, 2.24) is 0 Å². The Balaban J connectivity index is 3.89. The van der Waals surface area contributed by atoms with Gasteiger partial charge in [-0.25, -0.2) is 0 Å². The fourth-order valence-electron chi connectivity index (χ4n) is 9.91. The number of allylic oxidation sites excluding steroid dienone is 2. The number of rotatable bonds is 60. The van der Waals surface area contributed by atoms with E-state index in [4.69, 9.17) is 14.2 Å². The Morgan fingerprint density at radius 2 is 0.465 bits per heavy atom. The lowest BCUT2D eigenvalue weighted by Gasteiger charge is -2.18. The minimum absolute atomic E-state index is 0.0673. The summed E-state index contributed by atoms with van der Waals surface area (Å²) in [6.45, 7) is 6.61. The van der Waals surface area contributed by atoms with E-state index < -0.39 is 6.10 Å². The predicted molar refractivity (Wildman–Crippen MR) is 307 cm³/mol. The first-order chi connectivity index (χ1) is 35.0. The number of hydrogen-bond acceptors (Lipinski definition) is 6. The summed E-state index contributed by atoms with van der Waals surface area (Å²) in [6.07, 6.45) is 71.5. The molecule has 0 heterocycles. The number of carbonyl (C=O) groups excluding carboxylic acids is 3. The SMILES string of the molecule is CCCCCCCC/C=C\CCCCCCCCCC(=O)OC(COC(=O)CCCCCCC)COC(=O)CCCCCCCCCCCCCCCCCCCCCCCCCCCCCCCCC. The molecule has 0 N–H and O–H groups in total. The largest absolute Gasteiger partial charge is 0.462 e. The minimum Gasteiger partial charge on any atom is -0.462 e. The summed E-state index contributed by atoms with van der Waals surface area (Å²) in [7, 11) is 0. The van der Waals surface area contributed by atoms with E-state index in [0.717, 1.165) is 64.2 Å². The van der Waals surface area contributed by atoms with E-state index in [-0.39, 0.29) is 31.1 Å². The number of esters is 3. The van der Waals surface area contributed by atoms with Gasteiger partial charge >= 0.3 is 17.9 Å². The summed E-state index contributed by atoms with van der Waals surface area (Å²) in [6, 6.07) is 0. The molecule has 0 amide bonds. The van der Waals surface area contributed by atoms with Gasteiger partial charge in [-0.3, -0.25) is 14.4 Å². The van der Waals surface area contributed by atoms with E-state index >= 15 is 0 Å². The Hall–Kier alpha value is -1.85. The van der Waals surface area contributed by atoms with Crippen molar-refractivity contribution >= 4 is 17.9 Å². The van der Waals surface area contributed by atoms with Crippen LogP contribution in [0.4, 0.5) is 0 Å². The smallest absolute Gasteiger partial charge is 0.306 e. The van der Waals surface area contributed by atoms with Crippen molar-refractivity contribution in [3.8, 4) is 0 Å². The predicted octanol–water partition coefficient (Wildman–Crippen LogP) is 21.7. The average Bonchev–Trinajstić information content (AvgIpc) is 3.37. The zero-order valence-electron chi connectivity index (χ0n) is 48.3. The molecule has 1 atom stereocenters. The van der Waals surface area contributed by atoms with Gasteiger partial charge in [-0.15, -0.1) is 0 Å². The first kappa shape index (κ1) is 69.2. The van der Waals surface area contributed by atoms with E-state index in [2.05, 4.69) is 32.9 Å². The molecule has 0 aliphatic carbocycles. The third-order valence-corrected chi connectivity index (χ3v) is 14.8. The highest BCUT2D eigenvalue weighted by Gasteiger charge is 2.19. The Bertz CT molecular complexity index is 1100. The van der Waals surface area contributed by atoms with Crippen molar-refractivity contribution in [2.75, 3.05) is 13.2 Å². The first-order valence-electron chi connectivity index (χ1n) is 32.2. The minimum atomic E-state index is -0.765. The molecular formula is C65H124O6. The molecule has 6 nitrogen and oxygen atoms in total. The van der Waals surface area contributed by atoms with E-state index in [1.54, 1.807) is 0 Å². The lowest BCUT2D eigenvalue weighted by Crippen LogP contribution is -2.30. The van der Waals surface area contributed by atoms with Gasteiger partial charge in [0.1, 0.15) is 13.2 Å². The van der Waals surface area contributed by atoms with Crippen LogP contribution < -0.4 is 0 Å². The molecule has 6 heteroatoms. The molecule has 0 spiro atoms. The molecule has 0 rings (SSSR count). The number of hydrogen-bond donors (Lipinski definition) is 0. The van der Waals surface area contributed by atoms with E-state index in [1.165, 1.54) is 263 Å². The highest BCUT2D eigenvalue weighted by molar-refractivity contribution is 5.71. The van der Waals surface area contributed by atoms with Gasteiger partial charge in [0.2, 0.25) is 0 Å². The van der Waals surface area contributed by atoms with Crippen LogP contribution >= 0.6 is 0 Å². The van der Waals surface area contributed by atoms with Crippen LogP contribution in [0.15, 0.2) is 12.2 Å². The van der Waals surface area contributed by atoms with Crippen molar-refractivity contribution in [3.63, 3.8) is 0 Å². The van der Waals surface area contributed by atoms with E-state index in [9.17, 15) is 14.4 Å². The first-order valence-corrected chi connectivity index (χ1v) is 32.2. The van der Waals surface area contributed by atoms with Crippen molar-refractivity contribution in [2.45, 2.75) is 374 Å². The topological polar surface area (TPSA) is 78.9 Å². The van der Waals surface area contributed by atoms with Gasteiger partial charge < -0.3 is 14.2 Å². The van der Waals surface area contributed by atoms with Crippen molar-refractivity contribution in [3.05, 3.63) is 12.2 Å². The lowest BCUT2D eigenvalue weighted by atomic mass is 10.0. The van der Waals surface area contributed by atoms with Crippen molar-refractivity contribution in [2.24, 2.45) is 0 Å². The zero-order chi connectivity index (χ0) is 51.4. The quantitative estimate of drug-likeness (QED) is 0.0261. The Morgan fingerprint density at radius 3 is 0.704 bits per heavy atom. The van der Waals surface area contributed by atoms with Crippen LogP contribution in [-0.2, 0) is 28.6 Å². The second-order valence-electron chi connectivity index (χ2n) is 22.0. The van der Waals surface area contributed by atoms with Gasteiger partial charge in [-0.2, -0.15) is 0 Å². The highest BCUT2D eigenvalue weighted by atomic mass is 16.6. The summed E-state index contributed by atoms with van der Waals surface area (Å²) in [5.41, 5.74) is 0. The molecule has 0 saturated heterocycles. The van der Waals surface area contributed by atoms with Gasteiger partial charge in [-0.1, -0.05) is 315 Å². The average molecular weight is 1000 g/mol. The maximum absolute atomic E-state index is 12.8. The van der Waals surface area contributed by atoms with Crippen LogP contribution in [-0.4, -0.2) is 37.2 Å². The molecule has 420 valence electrons. The maximum atomic E-state index is 12.8. The summed E-state index contributed by atoms with van der Waals surface area (Å²) < 4.78 is 16.8. The molecule has 0 aromatic rings. The molecule has 0 aliphatic rings. The van der Waals surface area contributed by atoms with Crippen LogP contribution in [0, 0.1) is 0 Å². The molecule has 71 heavy (non-hydrogen) atoms. The molecule has 0 fully saturated rings. The molecule has 0 aromatic heterocycles. The highest BCUT2D eigenvalue weighted by Crippen LogP contribution is 2.18. The second-order valence-corrected chi connectivity index (χ2v) is 22.0. The van der Waals surface area contributed by atoms with Crippen LogP contribution in [0.1, 0.15) is 367 Å². The number of unbranched alkanes of at least 4 members (excludes halogenated alkanes) is 47. The summed E-state index contributed by atoms with van der Waals surface area (Å²) in [4.78, 5) is 37.8. The van der Waals surface area contributed by atoms with Gasteiger partial charge in [0.15, 0.2) is 6.10 Å². The second kappa shape index (κ2) is 60.7. The van der Waals surface area contributed by atoms with E-state index in [1.807, 2.05) is 0 Å². The summed E-state index contributed by atoms with van der Waals surface area (Å²) >= 11 is 0. The number of ether oxygens (including phenoxy) is 3. The van der Waals surface area contributed by atoms with Gasteiger partial charge in [0.05, 0.1) is 0 Å². The third kappa shape index (κ3) is 58.9. The Labute approximate surface area is 443 Å². The van der Waals surface area contributed by atoms with Crippen LogP contribution in [0.5, 0.6) is 0 Å². The van der Waals surface area contributed by atoms with Crippen molar-refractivity contribution < 1.29 is 28.6 Å².